The summed E-state index contributed by atoms with van der Waals surface area (Å²) in [7, 11) is 0. The Labute approximate surface area is 410 Å². The Morgan fingerprint density at radius 2 is 0.794 bits per heavy atom. The van der Waals surface area contributed by atoms with Crippen molar-refractivity contribution in [2.24, 2.45) is 0 Å². The molecule has 2 saturated heterocycles. The largest absolute Gasteiger partial charge is 0.509 e. The third-order valence-corrected chi connectivity index (χ3v) is 14.2. The Balaban J connectivity index is 1.02. The van der Waals surface area contributed by atoms with Gasteiger partial charge >= 0.3 is 12.1 Å². The number of esters is 1. The van der Waals surface area contributed by atoms with E-state index in [9.17, 15) is 9.59 Å². The summed E-state index contributed by atoms with van der Waals surface area (Å²) in [5, 5.41) is 7.39. The summed E-state index contributed by atoms with van der Waals surface area (Å²) >= 11 is 0. The fourth-order valence-electron chi connectivity index (χ4n) is 9.57. The van der Waals surface area contributed by atoms with Gasteiger partial charge in [-0.3, -0.25) is 0 Å². The molecule has 6 rings (SSSR count). The number of carbonyl (C=O) groups excluding carboxylic acids is 2. The number of benzene rings is 4. The maximum atomic E-state index is 13.7. The van der Waals surface area contributed by atoms with E-state index in [4.69, 9.17) is 18.9 Å². The topological polar surface area (TPSA) is 95.1 Å². The number of hydrogen-bond acceptors (Lipinski definition) is 8. The van der Waals surface area contributed by atoms with Gasteiger partial charge in [-0.15, -0.1) is 0 Å². The Hall–Kier alpha value is -4.50. The first-order valence-electron chi connectivity index (χ1n) is 25.1. The van der Waals surface area contributed by atoms with Crippen molar-refractivity contribution in [3.8, 4) is 0 Å². The van der Waals surface area contributed by atoms with Crippen LogP contribution in [0.5, 0.6) is 0 Å². The normalized spacial score (nSPS) is 19.7. The van der Waals surface area contributed by atoms with Gasteiger partial charge in [0.2, 0.25) is 0 Å². The van der Waals surface area contributed by atoms with Crippen molar-refractivity contribution in [1.82, 2.24) is 10.6 Å². The first-order valence-corrected chi connectivity index (χ1v) is 25.1. The lowest BCUT2D eigenvalue weighted by atomic mass is 9.80. The highest BCUT2D eigenvalue weighted by Gasteiger charge is 2.40. The molecule has 4 aromatic rings. The molecule has 8 nitrogen and oxygen atoms in total. The number of ether oxygens (including phenoxy) is 4. The molecule has 68 heavy (non-hydrogen) atoms. The van der Waals surface area contributed by atoms with Crippen molar-refractivity contribution in [1.29, 1.82) is 0 Å². The van der Waals surface area contributed by atoms with E-state index in [0.29, 0.717) is 32.4 Å². The van der Waals surface area contributed by atoms with Crippen LogP contribution in [0.4, 0.5) is 4.79 Å². The lowest BCUT2D eigenvalue weighted by Crippen LogP contribution is -2.41. The summed E-state index contributed by atoms with van der Waals surface area (Å²) in [6.45, 7) is 35.2. The van der Waals surface area contributed by atoms with Gasteiger partial charge in [0.25, 0.3) is 0 Å². The second-order valence-corrected chi connectivity index (χ2v) is 24.9. The van der Waals surface area contributed by atoms with E-state index in [2.05, 4.69) is 191 Å². The molecule has 2 aliphatic rings. The highest BCUT2D eigenvalue weighted by atomic mass is 16.7. The van der Waals surface area contributed by atoms with Crippen molar-refractivity contribution in [2.75, 3.05) is 19.7 Å². The predicted molar refractivity (Wildman–Crippen MR) is 277 cm³/mol. The fourth-order valence-corrected chi connectivity index (χ4v) is 9.57. The molecule has 4 aromatic carbocycles. The molecule has 0 radical (unpaired) electrons. The molecule has 0 bridgehead atoms. The molecule has 0 aliphatic carbocycles. The van der Waals surface area contributed by atoms with E-state index in [-0.39, 0.29) is 64.4 Å². The minimum Gasteiger partial charge on any atom is -0.459 e. The first-order chi connectivity index (χ1) is 31.5. The zero-order chi connectivity index (χ0) is 50.0. The van der Waals surface area contributed by atoms with Crippen LogP contribution < -0.4 is 10.6 Å². The first kappa shape index (κ1) is 52.9. The molecule has 2 aliphatic heterocycles. The van der Waals surface area contributed by atoms with Gasteiger partial charge in [0.15, 0.2) is 5.60 Å². The van der Waals surface area contributed by atoms with Gasteiger partial charge in [0, 0.05) is 56.3 Å². The Morgan fingerprint density at radius 3 is 1.10 bits per heavy atom. The standard InChI is InChI=1S/C60H84N2O6/c1-55(2,3)43-25-17-39(18-26-43)51(40-19-27-44(28-20-40)56(4,5)6)49-35-47(37-61-49)66-53(63)60(15,16)65-34-33-59(13,14)68-54(64)67-48-36-50(62-38-48)52(41-21-29-45(30-22-41)57(7,8)9)42-23-31-46(32-24-42)58(10,11)12/h17-32,47-52,61-62H,33-38H2,1-16H3. The smallest absolute Gasteiger partial charge is 0.459 e. The van der Waals surface area contributed by atoms with Crippen molar-refractivity contribution >= 4 is 12.1 Å². The van der Waals surface area contributed by atoms with Crippen LogP contribution in [0.15, 0.2) is 97.1 Å². The minimum absolute atomic E-state index is 0.0546. The molecule has 2 fully saturated rings. The third-order valence-electron chi connectivity index (χ3n) is 14.2. The number of rotatable bonds is 14. The molecular formula is C60H84N2O6. The van der Waals surface area contributed by atoms with Gasteiger partial charge in [-0.25, -0.2) is 9.59 Å². The Bertz CT molecular complexity index is 2170. The zero-order valence-corrected chi connectivity index (χ0v) is 44.4. The average Bonchev–Trinajstić information content (AvgIpc) is 3.89. The van der Waals surface area contributed by atoms with Gasteiger partial charge in [0.05, 0.1) is 6.61 Å². The van der Waals surface area contributed by atoms with Gasteiger partial charge in [0.1, 0.15) is 17.8 Å². The maximum absolute atomic E-state index is 13.7. The Morgan fingerprint density at radius 1 is 0.485 bits per heavy atom. The summed E-state index contributed by atoms with van der Waals surface area (Å²) in [4.78, 5) is 27.0. The van der Waals surface area contributed by atoms with Crippen LogP contribution >= 0.6 is 0 Å². The Kier molecular flexibility index (Phi) is 15.9. The van der Waals surface area contributed by atoms with E-state index >= 15 is 0 Å². The molecule has 2 heterocycles. The molecule has 370 valence electrons. The lowest BCUT2D eigenvalue weighted by Gasteiger charge is -2.29. The van der Waals surface area contributed by atoms with E-state index in [1.807, 2.05) is 13.8 Å². The van der Waals surface area contributed by atoms with Crippen LogP contribution in [0.25, 0.3) is 0 Å². The second-order valence-electron chi connectivity index (χ2n) is 24.9. The van der Waals surface area contributed by atoms with E-state index in [1.165, 1.54) is 44.5 Å². The average molecular weight is 929 g/mol. The second kappa shape index (κ2) is 20.5. The van der Waals surface area contributed by atoms with Gasteiger partial charge in [-0.05, 0) is 93.9 Å². The van der Waals surface area contributed by atoms with Gasteiger partial charge in [-0.2, -0.15) is 0 Å². The molecule has 4 unspecified atom stereocenters. The quantitative estimate of drug-likeness (QED) is 0.121. The lowest BCUT2D eigenvalue weighted by molar-refractivity contribution is -0.174. The maximum Gasteiger partial charge on any atom is 0.509 e. The van der Waals surface area contributed by atoms with E-state index < -0.39 is 23.3 Å². The third kappa shape index (κ3) is 13.6. The van der Waals surface area contributed by atoms with Crippen LogP contribution in [0.1, 0.15) is 186 Å². The highest BCUT2D eigenvalue weighted by Crippen LogP contribution is 2.38. The van der Waals surface area contributed by atoms with Crippen molar-refractivity contribution in [3.63, 3.8) is 0 Å². The van der Waals surface area contributed by atoms with Crippen molar-refractivity contribution < 1.29 is 28.5 Å². The van der Waals surface area contributed by atoms with E-state index in [1.54, 1.807) is 13.8 Å². The molecule has 0 aromatic heterocycles. The van der Waals surface area contributed by atoms with Gasteiger partial charge < -0.3 is 29.6 Å². The molecule has 8 heteroatoms. The monoisotopic (exact) mass is 929 g/mol. The van der Waals surface area contributed by atoms with Gasteiger partial charge in [-0.1, -0.05) is 180 Å². The van der Waals surface area contributed by atoms with Crippen LogP contribution in [-0.2, 0) is 45.4 Å². The number of carbonyl (C=O) groups is 2. The van der Waals surface area contributed by atoms with E-state index in [0.717, 1.165) is 0 Å². The summed E-state index contributed by atoms with van der Waals surface area (Å²) in [5.74, 6) is -0.265. The van der Waals surface area contributed by atoms with Crippen LogP contribution in [0.3, 0.4) is 0 Å². The molecule has 0 saturated carbocycles. The molecule has 2 N–H and O–H groups in total. The highest BCUT2D eigenvalue weighted by molar-refractivity contribution is 5.78. The van der Waals surface area contributed by atoms with Crippen LogP contribution in [-0.4, -0.2) is 67.3 Å². The SMILES string of the molecule is CC(C)(CCOC(C)(C)C(=O)OC1CNC(C(c2ccc(C(C)(C)C)cc2)c2ccc(C(C)(C)C)cc2)C1)OC(=O)OC1CNC(C(c2ccc(C(C)(C)C)cc2)c2ccc(C(C)(C)C)cc2)C1. The number of nitrogens with one attached hydrogen (secondary N) is 2. The molecule has 4 atom stereocenters. The molecule has 0 amide bonds. The molecule has 0 spiro atoms. The summed E-state index contributed by atoms with van der Waals surface area (Å²) in [5.41, 5.74) is 8.20. The summed E-state index contributed by atoms with van der Waals surface area (Å²) in [6, 6.07) is 36.1. The molecular weight excluding hydrogens is 845 g/mol. The fraction of sp³-hybridized carbons (Fsp3) is 0.567. The van der Waals surface area contributed by atoms with Crippen LogP contribution in [0, 0.1) is 0 Å². The van der Waals surface area contributed by atoms with Crippen molar-refractivity contribution in [3.05, 3.63) is 142 Å². The summed E-state index contributed by atoms with van der Waals surface area (Å²) < 4.78 is 24.2. The summed E-state index contributed by atoms with van der Waals surface area (Å²) in [6.07, 6.45) is 0.315. The van der Waals surface area contributed by atoms with Crippen molar-refractivity contribution in [2.45, 2.75) is 199 Å². The zero-order valence-electron chi connectivity index (χ0n) is 44.4. The minimum atomic E-state index is -1.21. The predicted octanol–water partition coefficient (Wildman–Crippen LogP) is 13.0. The number of hydrogen-bond donors (Lipinski definition) is 2. The van der Waals surface area contributed by atoms with Crippen LogP contribution in [0.2, 0.25) is 0 Å².